The highest BCUT2D eigenvalue weighted by atomic mass is 32.2. The van der Waals surface area contributed by atoms with Crippen molar-refractivity contribution in [3.8, 4) is 6.07 Å². The van der Waals surface area contributed by atoms with Gasteiger partial charge in [0.25, 0.3) is 0 Å². The van der Waals surface area contributed by atoms with E-state index in [9.17, 15) is 9.00 Å². The molecule has 90 valence electrons. The lowest BCUT2D eigenvalue weighted by atomic mass is 9.63. The average Bonchev–Trinajstić information content (AvgIpc) is 2.20. The van der Waals surface area contributed by atoms with Gasteiger partial charge in [0.15, 0.2) is 0 Å². The van der Waals surface area contributed by atoms with Gasteiger partial charge in [0, 0.05) is 28.9 Å². The van der Waals surface area contributed by atoms with Gasteiger partial charge in [-0.15, -0.1) is 0 Å². The number of hydrogen-bond acceptors (Lipinski definition) is 3. The van der Waals surface area contributed by atoms with Crippen LogP contribution < -0.4 is 5.32 Å². The first-order chi connectivity index (χ1) is 7.41. The second-order valence-electron chi connectivity index (χ2n) is 4.73. The Bertz CT molecular complexity index is 342. The van der Waals surface area contributed by atoms with Crippen molar-refractivity contribution in [3.05, 3.63) is 0 Å². The first kappa shape index (κ1) is 13.2. The minimum atomic E-state index is -0.944. The third kappa shape index (κ3) is 2.62. The smallest absolute Gasteiger partial charge is 0.240 e. The van der Waals surface area contributed by atoms with Crippen LogP contribution in [-0.2, 0) is 15.6 Å². The van der Waals surface area contributed by atoms with E-state index in [1.807, 2.05) is 13.8 Å². The predicted molar refractivity (Wildman–Crippen MR) is 63.0 cm³/mol. The van der Waals surface area contributed by atoms with E-state index in [-0.39, 0.29) is 11.2 Å². The summed E-state index contributed by atoms with van der Waals surface area (Å²) in [5.74, 6) is 0.244. The van der Waals surface area contributed by atoms with Gasteiger partial charge in [-0.25, -0.2) is 0 Å². The van der Waals surface area contributed by atoms with E-state index in [2.05, 4.69) is 11.4 Å². The van der Waals surface area contributed by atoms with Gasteiger partial charge in [-0.1, -0.05) is 6.92 Å². The van der Waals surface area contributed by atoms with Crippen LogP contribution in [0.25, 0.3) is 0 Å². The fourth-order valence-corrected chi connectivity index (χ4v) is 2.30. The van der Waals surface area contributed by atoms with Crippen LogP contribution in [0.15, 0.2) is 0 Å². The van der Waals surface area contributed by atoms with Gasteiger partial charge < -0.3 is 5.32 Å². The number of carbonyl (C=O) groups excluding carboxylic acids is 1. The van der Waals surface area contributed by atoms with Crippen molar-refractivity contribution in [1.29, 1.82) is 5.26 Å². The minimum Gasteiger partial charge on any atom is -0.354 e. The number of nitriles is 1. The minimum absolute atomic E-state index is 0.0720. The molecule has 1 aliphatic rings. The lowest BCUT2D eigenvalue weighted by molar-refractivity contribution is -0.133. The Morgan fingerprint density at radius 2 is 2.25 bits per heavy atom. The molecule has 16 heavy (non-hydrogen) atoms. The molecule has 1 aliphatic carbocycles. The van der Waals surface area contributed by atoms with Crippen LogP contribution in [0.2, 0.25) is 0 Å². The van der Waals surface area contributed by atoms with E-state index in [0.29, 0.717) is 25.3 Å². The van der Waals surface area contributed by atoms with Crippen molar-refractivity contribution >= 4 is 16.7 Å². The first-order valence-corrected chi connectivity index (χ1v) is 7.05. The van der Waals surface area contributed by atoms with E-state index in [0.717, 1.165) is 0 Å². The van der Waals surface area contributed by atoms with Crippen molar-refractivity contribution in [3.63, 3.8) is 0 Å². The second kappa shape index (κ2) is 4.96. The predicted octanol–water partition coefficient (Wildman–Crippen LogP) is 0.809. The Morgan fingerprint density at radius 1 is 1.69 bits per heavy atom. The molecule has 2 atom stereocenters. The van der Waals surface area contributed by atoms with Crippen LogP contribution in [0.3, 0.4) is 0 Å². The fraction of sp³-hybridized carbons (Fsp3) is 0.818. The molecule has 0 aliphatic heterocycles. The van der Waals surface area contributed by atoms with Crippen molar-refractivity contribution in [2.45, 2.75) is 31.9 Å². The normalized spacial score (nSPS) is 32.0. The summed E-state index contributed by atoms with van der Waals surface area (Å²) in [5, 5.41) is 11.7. The summed E-state index contributed by atoms with van der Waals surface area (Å²) in [7, 11) is -0.944. The van der Waals surface area contributed by atoms with Crippen LogP contribution in [0.5, 0.6) is 0 Å². The molecule has 4 nitrogen and oxygen atoms in total. The van der Waals surface area contributed by atoms with E-state index >= 15 is 0 Å². The highest BCUT2D eigenvalue weighted by Crippen LogP contribution is 2.44. The summed E-state index contributed by atoms with van der Waals surface area (Å²) in [6.45, 7) is 4.23. The molecule has 1 fully saturated rings. The number of carbonyl (C=O) groups is 1. The monoisotopic (exact) mass is 242 g/mol. The van der Waals surface area contributed by atoms with Crippen molar-refractivity contribution in [2.75, 3.05) is 12.8 Å². The van der Waals surface area contributed by atoms with Gasteiger partial charge in [0.1, 0.15) is 5.41 Å². The Kier molecular flexibility index (Phi) is 4.09. The zero-order valence-corrected chi connectivity index (χ0v) is 10.8. The number of hydrogen-bond donors (Lipinski definition) is 1. The van der Waals surface area contributed by atoms with Gasteiger partial charge in [0.2, 0.25) is 5.91 Å². The molecular weight excluding hydrogens is 224 g/mol. The molecule has 1 rings (SSSR count). The highest BCUT2D eigenvalue weighted by Gasteiger charge is 2.48. The third-order valence-electron chi connectivity index (χ3n) is 3.16. The number of rotatable bonds is 4. The molecule has 0 bridgehead atoms. The Balaban J connectivity index is 2.47. The molecule has 0 aromatic heterocycles. The van der Waals surface area contributed by atoms with E-state index in [1.165, 1.54) is 0 Å². The molecule has 0 heterocycles. The van der Waals surface area contributed by atoms with Crippen molar-refractivity contribution in [2.24, 2.45) is 11.3 Å². The van der Waals surface area contributed by atoms with Crippen LogP contribution in [-0.4, -0.2) is 28.2 Å². The summed E-state index contributed by atoms with van der Waals surface area (Å²) < 4.78 is 11.1. The lowest BCUT2D eigenvalue weighted by Crippen LogP contribution is -2.49. The van der Waals surface area contributed by atoms with E-state index in [4.69, 9.17) is 5.26 Å². The molecule has 0 aromatic carbocycles. The van der Waals surface area contributed by atoms with Gasteiger partial charge in [0.05, 0.1) is 6.07 Å². The summed E-state index contributed by atoms with van der Waals surface area (Å²) in [6, 6.07) is 2.11. The number of nitrogens with zero attached hydrogens (tertiary/aromatic N) is 1. The maximum Gasteiger partial charge on any atom is 0.240 e. The molecule has 1 amide bonds. The molecule has 2 unspecified atom stereocenters. The molecule has 0 saturated heterocycles. The number of nitrogens with one attached hydrogen (secondary N) is 1. The summed E-state index contributed by atoms with van der Waals surface area (Å²) in [4.78, 5) is 11.8. The topological polar surface area (TPSA) is 70.0 Å². The average molecular weight is 242 g/mol. The lowest BCUT2D eigenvalue weighted by Gasteiger charge is -2.39. The molecule has 0 spiro atoms. The van der Waals surface area contributed by atoms with Crippen molar-refractivity contribution in [1.82, 2.24) is 5.32 Å². The van der Waals surface area contributed by atoms with Crippen LogP contribution in [0.1, 0.15) is 26.7 Å². The SMILES string of the molecule is CC1CC(C#N)(C(=O)NCC(C)S(C)=O)C1. The summed E-state index contributed by atoms with van der Waals surface area (Å²) in [6.07, 6.45) is 2.89. The molecular formula is C11H18N2O2S. The first-order valence-electron chi connectivity index (χ1n) is 5.43. The Hall–Kier alpha value is -0.890. The number of amides is 1. The van der Waals surface area contributed by atoms with E-state index < -0.39 is 16.2 Å². The largest absolute Gasteiger partial charge is 0.354 e. The molecule has 1 N–H and O–H groups in total. The highest BCUT2D eigenvalue weighted by molar-refractivity contribution is 7.84. The Labute approximate surface area is 98.9 Å². The van der Waals surface area contributed by atoms with Crippen LogP contribution in [0.4, 0.5) is 0 Å². The van der Waals surface area contributed by atoms with Crippen LogP contribution in [0, 0.1) is 22.7 Å². The summed E-state index contributed by atoms with van der Waals surface area (Å²) in [5.41, 5.74) is -0.825. The second-order valence-corrected chi connectivity index (χ2v) is 6.53. The van der Waals surface area contributed by atoms with Gasteiger partial charge >= 0.3 is 0 Å². The fourth-order valence-electron chi connectivity index (χ4n) is 1.98. The molecule has 1 saturated carbocycles. The molecule has 0 aromatic rings. The van der Waals surface area contributed by atoms with E-state index in [1.54, 1.807) is 6.26 Å². The maximum absolute atomic E-state index is 11.8. The van der Waals surface area contributed by atoms with Crippen molar-refractivity contribution < 1.29 is 9.00 Å². The van der Waals surface area contributed by atoms with Crippen LogP contribution >= 0.6 is 0 Å². The van der Waals surface area contributed by atoms with Gasteiger partial charge in [-0.05, 0) is 25.7 Å². The van der Waals surface area contributed by atoms with Gasteiger partial charge in [-0.2, -0.15) is 5.26 Å². The summed E-state index contributed by atoms with van der Waals surface area (Å²) >= 11 is 0. The quantitative estimate of drug-likeness (QED) is 0.793. The molecule has 5 heteroatoms. The maximum atomic E-state index is 11.8. The zero-order chi connectivity index (χ0) is 12.3. The third-order valence-corrected chi connectivity index (χ3v) is 4.46. The molecule has 0 radical (unpaired) electrons. The Morgan fingerprint density at radius 3 is 2.62 bits per heavy atom. The zero-order valence-electron chi connectivity index (χ0n) is 9.95. The standard InChI is InChI=1S/C11H18N2O2S/c1-8-4-11(5-8,7-12)10(14)13-6-9(2)16(3)15/h8-9H,4-6H2,1-3H3,(H,13,14). The van der Waals surface area contributed by atoms with Gasteiger partial charge in [-0.3, -0.25) is 9.00 Å².